The average molecular weight is 253 g/mol. The molecule has 0 aromatic carbocycles. The second-order valence-corrected chi connectivity index (χ2v) is 4.28. The molecule has 1 heterocycles. The largest absolute Gasteiger partial charge is 0.394 e. The molecule has 17 heavy (non-hydrogen) atoms. The van der Waals surface area contributed by atoms with Gasteiger partial charge in [-0.3, -0.25) is 9.69 Å². The van der Waals surface area contributed by atoms with Gasteiger partial charge in [-0.05, 0) is 0 Å². The van der Waals surface area contributed by atoms with E-state index < -0.39 is 18.6 Å². The van der Waals surface area contributed by atoms with Crippen LogP contribution >= 0.6 is 0 Å². The van der Waals surface area contributed by atoms with Crippen LogP contribution in [0.3, 0.4) is 0 Å². The number of nitrogens with zero attached hydrogens (tertiary/aromatic N) is 2. The van der Waals surface area contributed by atoms with Gasteiger partial charge in [0.2, 0.25) is 5.91 Å². The Morgan fingerprint density at radius 3 is 2.18 bits per heavy atom. The molecule has 0 saturated carbocycles. The zero-order valence-corrected chi connectivity index (χ0v) is 9.83. The fourth-order valence-corrected chi connectivity index (χ4v) is 1.87. The average Bonchev–Trinajstić information content (AvgIpc) is 2.24. The molecule has 0 radical (unpaired) electrons. The van der Waals surface area contributed by atoms with Crippen molar-refractivity contribution in [2.75, 3.05) is 39.3 Å². The molecule has 1 rings (SSSR count). The van der Waals surface area contributed by atoms with Crippen molar-refractivity contribution in [3.63, 3.8) is 0 Å². The third kappa shape index (κ3) is 4.16. The van der Waals surface area contributed by atoms with Crippen LogP contribution in [0.2, 0.25) is 0 Å². The van der Waals surface area contributed by atoms with Gasteiger partial charge in [-0.25, -0.2) is 0 Å². The van der Waals surface area contributed by atoms with Gasteiger partial charge in [-0.1, -0.05) is 0 Å². The van der Waals surface area contributed by atoms with Crippen molar-refractivity contribution in [2.45, 2.75) is 13.1 Å². The number of carbonyl (C=O) groups is 1. The minimum atomic E-state index is -4.24. The Morgan fingerprint density at radius 1 is 1.29 bits per heavy atom. The van der Waals surface area contributed by atoms with Crippen LogP contribution in [0, 0.1) is 5.92 Å². The molecule has 1 aliphatic heterocycles. The molecule has 1 aliphatic rings. The highest BCUT2D eigenvalue weighted by molar-refractivity contribution is 5.73. The van der Waals surface area contributed by atoms with Crippen LogP contribution in [-0.2, 0) is 4.79 Å². The van der Waals surface area contributed by atoms with E-state index in [0.717, 1.165) is 0 Å². The molecule has 0 bridgehead atoms. The van der Waals surface area contributed by atoms with Crippen molar-refractivity contribution < 1.29 is 18.0 Å². The Hall–Kier alpha value is -0.820. The number of carbonyl (C=O) groups excluding carboxylic acids is 1. The van der Waals surface area contributed by atoms with E-state index in [1.54, 1.807) is 9.80 Å². The van der Waals surface area contributed by atoms with Crippen LogP contribution in [0.15, 0.2) is 0 Å². The van der Waals surface area contributed by atoms with E-state index in [2.05, 4.69) is 0 Å². The zero-order chi connectivity index (χ0) is 13.1. The van der Waals surface area contributed by atoms with Gasteiger partial charge in [0.25, 0.3) is 0 Å². The smallest absolute Gasteiger partial charge is 0.340 e. The first kappa shape index (κ1) is 14.2. The van der Waals surface area contributed by atoms with Crippen LogP contribution in [0.25, 0.3) is 0 Å². The Morgan fingerprint density at radius 2 is 1.82 bits per heavy atom. The Labute approximate surface area is 98.5 Å². The lowest BCUT2D eigenvalue weighted by molar-refractivity contribution is -0.177. The van der Waals surface area contributed by atoms with Crippen molar-refractivity contribution in [3.05, 3.63) is 0 Å². The molecular weight excluding hydrogens is 235 g/mol. The molecule has 0 aromatic heterocycles. The summed E-state index contributed by atoms with van der Waals surface area (Å²) in [5, 5.41) is 0. The monoisotopic (exact) mass is 253 g/mol. The molecule has 1 atom stereocenters. The number of halogens is 3. The Balaban J connectivity index is 2.42. The van der Waals surface area contributed by atoms with Crippen molar-refractivity contribution in [1.29, 1.82) is 0 Å². The van der Waals surface area contributed by atoms with E-state index >= 15 is 0 Å². The topological polar surface area (TPSA) is 49.6 Å². The molecule has 4 nitrogen and oxygen atoms in total. The molecule has 7 heteroatoms. The lowest BCUT2D eigenvalue weighted by atomic mass is 10.1. The van der Waals surface area contributed by atoms with Crippen molar-refractivity contribution in [2.24, 2.45) is 11.7 Å². The zero-order valence-electron chi connectivity index (χ0n) is 9.83. The van der Waals surface area contributed by atoms with Crippen molar-refractivity contribution >= 4 is 5.91 Å². The van der Waals surface area contributed by atoms with Gasteiger partial charge in [0.05, 0.1) is 5.92 Å². The second kappa shape index (κ2) is 5.68. The third-order valence-electron chi connectivity index (χ3n) is 3.04. The summed E-state index contributed by atoms with van der Waals surface area (Å²) in [7, 11) is 0. The molecule has 100 valence electrons. The van der Waals surface area contributed by atoms with E-state index in [9.17, 15) is 18.0 Å². The Kier molecular flexibility index (Phi) is 4.76. The lowest BCUT2D eigenvalue weighted by Crippen LogP contribution is -2.51. The summed E-state index contributed by atoms with van der Waals surface area (Å²) in [5.74, 6) is -1.51. The number of hydrogen-bond donors (Lipinski definition) is 1. The first-order chi connectivity index (χ1) is 7.84. The normalized spacial score (nSPS) is 20.4. The summed E-state index contributed by atoms with van der Waals surface area (Å²) in [4.78, 5) is 14.4. The molecule has 1 saturated heterocycles. The summed E-state index contributed by atoms with van der Waals surface area (Å²) in [6.45, 7) is 2.93. The second-order valence-electron chi connectivity index (χ2n) is 4.28. The van der Waals surface area contributed by atoms with Gasteiger partial charge in [-0.2, -0.15) is 13.2 Å². The number of piperazine rings is 1. The minimum Gasteiger partial charge on any atom is -0.340 e. The molecule has 2 N–H and O–H groups in total. The fraction of sp³-hybridized carbons (Fsp3) is 0.900. The molecular formula is C10H18F3N3O. The maximum Gasteiger partial charge on any atom is 0.394 e. The van der Waals surface area contributed by atoms with Crippen LogP contribution in [0.5, 0.6) is 0 Å². The summed E-state index contributed by atoms with van der Waals surface area (Å²) < 4.78 is 37.5. The van der Waals surface area contributed by atoms with Crippen molar-refractivity contribution in [3.8, 4) is 0 Å². The van der Waals surface area contributed by atoms with E-state index in [1.165, 1.54) is 6.92 Å². The SMILES string of the molecule is CC(=O)N1CCN(CC(CN)C(F)(F)F)CC1. The molecule has 1 amide bonds. The number of hydrogen-bond acceptors (Lipinski definition) is 3. The summed E-state index contributed by atoms with van der Waals surface area (Å²) in [5.41, 5.74) is 5.14. The lowest BCUT2D eigenvalue weighted by Gasteiger charge is -2.36. The van der Waals surface area contributed by atoms with Gasteiger partial charge in [0.15, 0.2) is 0 Å². The number of nitrogens with two attached hydrogens (primary N) is 1. The van der Waals surface area contributed by atoms with Crippen LogP contribution in [0.4, 0.5) is 13.2 Å². The number of amides is 1. The van der Waals surface area contributed by atoms with Gasteiger partial charge < -0.3 is 10.6 Å². The van der Waals surface area contributed by atoms with E-state index in [1.807, 2.05) is 0 Å². The van der Waals surface area contributed by atoms with Gasteiger partial charge >= 0.3 is 6.18 Å². The standard InChI is InChI=1S/C10H18F3N3O/c1-8(17)16-4-2-15(3-5-16)7-9(6-14)10(11,12)13/h9H,2-7,14H2,1H3. The highest BCUT2D eigenvalue weighted by Crippen LogP contribution is 2.26. The third-order valence-corrected chi connectivity index (χ3v) is 3.04. The fourth-order valence-electron chi connectivity index (χ4n) is 1.87. The number of rotatable bonds is 3. The van der Waals surface area contributed by atoms with E-state index in [0.29, 0.717) is 26.2 Å². The summed E-state index contributed by atoms with van der Waals surface area (Å²) in [6, 6.07) is 0. The van der Waals surface area contributed by atoms with Crippen LogP contribution in [0.1, 0.15) is 6.92 Å². The highest BCUT2D eigenvalue weighted by Gasteiger charge is 2.39. The maximum atomic E-state index is 12.5. The quantitative estimate of drug-likeness (QED) is 0.786. The summed E-state index contributed by atoms with van der Waals surface area (Å²) >= 11 is 0. The predicted octanol–water partition coefficient (Wildman–Crippen LogP) is 0.288. The first-order valence-electron chi connectivity index (χ1n) is 5.59. The Bertz CT molecular complexity index is 262. The van der Waals surface area contributed by atoms with E-state index in [-0.39, 0.29) is 12.5 Å². The van der Waals surface area contributed by atoms with Gasteiger partial charge in [-0.15, -0.1) is 0 Å². The first-order valence-corrected chi connectivity index (χ1v) is 5.59. The predicted molar refractivity (Wildman–Crippen MR) is 57.3 cm³/mol. The molecule has 0 aliphatic carbocycles. The maximum absolute atomic E-state index is 12.5. The summed E-state index contributed by atoms with van der Waals surface area (Å²) in [6.07, 6.45) is -4.24. The molecule has 1 fully saturated rings. The molecule has 0 aromatic rings. The minimum absolute atomic E-state index is 0.0316. The number of alkyl halides is 3. The van der Waals surface area contributed by atoms with Crippen molar-refractivity contribution in [1.82, 2.24) is 9.80 Å². The van der Waals surface area contributed by atoms with E-state index in [4.69, 9.17) is 5.73 Å². The van der Waals surface area contributed by atoms with Crippen LogP contribution in [-0.4, -0.2) is 61.2 Å². The van der Waals surface area contributed by atoms with Gasteiger partial charge in [0.1, 0.15) is 0 Å². The van der Waals surface area contributed by atoms with Gasteiger partial charge in [0, 0.05) is 46.2 Å². The molecule has 1 unspecified atom stereocenters. The van der Waals surface area contributed by atoms with Crippen LogP contribution < -0.4 is 5.73 Å². The molecule has 0 spiro atoms. The highest BCUT2D eigenvalue weighted by atomic mass is 19.4.